The van der Waals surface area contributed by atoms with Crippen LogP contribution in [0.1, 0.15) is 59.8 Å². The minimum atomic E-state index is -0.187. The molecule has 0 heterocycles. The zero-order valence-electron chi connectivity index (χ0n) is 11.4. The first-order chi connectivity index (χ1) is 7.47. The average molecular weight is 225 g/mol. The molecule has 0 bridgehead atoms. The number of ketones is 1. The molecule has 0 saturated heterocycles. The summed E-state index contributed by atoms with van der Waals surface area (Å²) < 4.78 is 0. The van der Waals surface area contributed by atoms with E-state index in [1.54, 1.807) is 6.92 Å². The Labute approximate surface area is 100 Å². The van der Waals surface area contributed by atoms with Crippen molar-refractivity contribution in [1.29, 1.82) is 0 Å². The van der Waals surface area contributed by atoms with E-state index in [1.807, 2.05) is 0 Å². The van der Waals surface area contributed by atoms with E-state index in [0.29, 0.717) is 5.78 Å². The lowest BCUT2D eigenvalue weighted by atomic mass is 9.86. The first kappa shape index (κ1) is 13.7. The molecule has 0 aromatic rings. The maximum Gasteiger partial charge on any atom is 0.136 e. The second-order valence-electron chi connectivity index (χ2n) is 5.80. The van der Waals surface area contributed by atoms with Crippen LogP contribution in [0.4, 0.5) is 0 Å². The van der Waals surface area contributed by atoms with E-state index in [0.717, 1.165) is 19.1 Å². The van der Waals surface area contributed by atoms with E-state index in [2.05, 4.69) is 25.7 Å². The molecule has 1 saturated carbocycles. The highest BCUT2D eigenvalue weighted by atomic mass is 16.1. The Morgan fingerprint density at radius 2 is 1.81 bits per heavy atom. The molecule has 2 heteroatoms. The molecule has 2 nitrogen and oxygen atoms in total. The van der Waals surface area contributed by atoms with Crippen molar-refractivity contribution in [3.63, 3.8) is 0 Å². The second kappa shape index (κ2) is 5.81. The van der Waals surface area contributed by atoms with Gasteiger partial charge in [-0.15, -0.1) is 0 Å². The van der Waals surface area contributed by atoms with Crippen LogP contribution in [0, 0.1) is 5.41 Å². The summed E-state index contributed by atoms with van der Waals surface area (Å²) in [5.41, 5.74) is -0.187. The van der Waals surface area contributed by atoms with Gasteiger partial charge in [-0.1, -0.05) is 40.0 Å². The van der Waals surface area contributed by atoms with Crippen LogP contribution < -0.4 is 0 Å². The van der Waals surface area contributed by atoms with Gasteiger partial charge in [-0.3, -0.25) is 9.69 Å². The van der Waals surface area contributed by atoms with Gasteiger partial charge in [0, 0.05) is 18.0 Å². The van der Waals surface area contributed by atoms with Crippen molar-refractivity contribution in [3.8, 4) is 0 Å². The number of carbonyl (C=O) groups excluding carboxylic acids is 1. The van der Waals surface area contributed by atoms with Crippen molar-refractivity contribution in [2.24, 2.45) is 5.41 Å². The molecule has 0 aromatic carbocycles. The second-order valence-corrected chi connectivity index (χ2v) is 5.80. The summed E-state index contributed by atoms with van der Waals surface area (Å²) in [7, 11) is 0. The van der Waals surface area contributed by atoms with E-state index >= 15 is 0 Å². The molecular formula is C14H27NO. The summed E-state index contributed by atoms with van der Waals surface area (Å²) in [6.07, 6.45) is 6.76. The molecule has 1 rings (SSSR count). The van der Waals surface area contributed by atoms with Gasteiger partial charge in [-0.2, -0.15) is 0 Å². The van der Waals surface area contributed by atoms with Crippen molar-refractivity contribution in [2.45, 2.75) is 65.8 Å². The van der Waals surface area contributed by atoms with Crippen molar-refractivity contribution >= 4 is 5.78 Å². The maximum atomic E-state index is 11.6. The summed E-state index contributed by atoms with van der Waals surface area (Å²) >= 11 is 0. The van der Waals surface area contributed by atoms with Gasteiger partial charge >= 0.3 is 0 Å². The number of rotatable bonds is 5. The number of carbonyl (C=O) groups is 1. The summed E-state index contributed by atoms with van der Waals surface area (Å²) in [6.45, 7) is 10.1. The van der Waals surface area contributed by atoms with Crippen LogP contribution >= 0.6 is 0 Å². The Hall–Kier alpha value is -0.370. The molecule has 0 aliphatic heterocycles. The van der Waals surface area contributed by atoms with Crippen LogP contribution in [-0.2, 0) is 4.79 Å². The molecule has 0 N–H and O–H groups in total. The van der Waals surface area contributed by atoms with Crippen molar-refractivity contribution in [1.82, 2.24) is 4.90 Å². The fraction of sp³-hybridized carbons (Fsp3) is 0.929. The average Bonchev–Trinajstić information content (AvgIpc) is 2.27. The summed E-state index contributed by atoms with van der Waals surface area (Å²) in [5, 5.41) is 0. The van der Waals surface area contributed by atoms with E-state index in [-0.39, 0.29) is 5.41 Å². The minimum Gasteiger partial charge on any atom is -0.300 e. The monoisotopic (exact) mass is 225 g/mol. The lowest BCUT2D eigenvalue weighted by Gasteiger charge is -2.38. The minimum absolute atomic E-state index is 0.187. The van der Waals surface area contributed by atoms with Crippen LogP contribution in [0.15, 0.2) is 0 Å². The third kappa shape index (κ3) is 3.58. The quantitative estimate of drug-likeness (QED) is 0.716. The molecule has 16 heavy (non-hydrogen) atoms. The van der Waals surface area contributed by atoms with Crippen LogP contribution in [0.25, 0.3) is 0 Å². The summed E-state index contributed by atoms with van der Waals surface area (Å²) in [6, 6.07) is 0.720. The molecule has 1 fully saturated rings. The summed E-state index contributed by atoms with van der Waals surface area (Å²) in [4.78, 5) is 14.1. The maximum absolute atomic E-state index is 11.6. The van der Waals surface area contributed by atoms with Crippen LogP contribution in [0.3, 0.4) is 0 Å². The van der Waals surface area contributed by atoms with Gasteiger partial charge in [0.1, 0.15) is 5.78 Å². The first-order valence-electron chi connectivity index (χ1n) is 6.72. The Kier molecular flexibility index (Phi) is 4.97. The normalized spacial score (nSPS) is 19.1. The molecule has 0 spiro atoms. The molecule has 0 radical (unpaired) electrons. The van der Waals surface area contributed by atoms with Crippen molar-refractivity contribution in [2.75, 3.05) is 13.1 Å². The SMILES string of the molecule is CCN(CC(C)(C)C(C)=O)C1CCCCC1. The topological polar surface area (TPSA) is 20.3 Å². The van der Waals surface area contributed by atoms with E-state index in [9.17, 15) is 4.79 Å². The summed E-state index contributed by atoms with van der Waals surface area (Å²) in [5.74, 6) is 0.307. The van der Waals surface area contributed by atoms with Gasteiger partial charge in [-0.25, -0.2) is 0 Å². The zero-order valence-corrected chi connectivity index (χ0v) is 11.4. The molecule has 0 unspecified atom stereocenters. The van der Waals surface area contributed by atoms with Gasteiger partial charge in [0.05, 0.1) is 0 Å². The highest BCUT2D eigenvalue weighted by molar-refractivity contribution is 5.81. The van der Waals surface area contributed by atoms with Gasteiger partial charge < -0.3 is 0 Å². The first-order valence-corrected chi connectivity index (χ1v) is 6.72. The van der Waals surface area contributed by atoms with Gasteiger partial charge in [0.15, 0.2) is 0 Å². The van der Waals surface area contributed by atoms with E-state index in [1.165, 1.54) is 32.1 Å². The van der Waals surface area contributed by atoms with Crippen molar-refractivity contribution in [3.05, 3.63) is 0 Å². The fourth-order valence-corrected chi connectivity index (χ4v) is 2.56. The third-order valence-electron chi connectivity index (χ3n) is 4.05. The van der Waals surface area contributed by atoms with Gasteiger partial charge in [0.25, 0.3) is 0 Å². The largest absolute Gasteiger partial charge is 0.300 e. The fourth-order valence-electron chi connectivity index (χ4n) is 2.56. The Balaban J connectivity index is 2.56. The third-order valence-corrected chi connectivity index (χ3v) is 4.05. The van der Waals surface area contributed by atoms with Crippen LogP contribution in [-0.4, -0.2) is 29.8 Å². The molecule has 0 amide bonds. The smallest absolute Gasteiger partial charge is 0.136 e. The molecule has 0 aromatic heterocycles. The molecule has 94 valence electrons. The highest BCUT2D eigenvalue weighted by Crippen LogP contribution is 2.26. The lowest BCUT2D eigenvalue weighted by Crippen LogP contribution is -2.44. The number of hydrogen-bond acceptors (Lipinski definition) is 2. The Bertz CT molecular complexity index is 229. The standard InChI is InChI=1S/C14H27NO/c1-5-15(11-14(3,4)12(2)16)13-9-7-6-8-10-13/h13H,5-11H2,1-4H3. The van der Waals surface area contributed by atoms with Crippen molar-refractivity contribution < 1.29 is 4.79 Å². The van der Waals surface area contributed by atoms with E-state index in [4.69, 9.17) is 0 Å². The lowest BCUT2D eigenvalue weighted by molar-refractivity contribution is -0.126. The van der Waals surface area contributed by atoms with Gasteiger partial charge in [0.2, 0.25) is 0 Å². The van der Waals surface area contributed by atoms with E-state index < -0.39 is 0 Å². The Morgan fingerprint density at radius 3 is 2.25 bits per heavy atom. The number of Topliss-reactive ketones (excluding diaryl/α,β-unsaturated/α-hetero) is 1. The van der Waals surface area contributed by atoms with Gasteiger partial charge in [-0.05, 0) is 26.3 Å². The molecule has 1 aliphatic carbocycles. The Morgan fingerprint density at radius 1 is 1.25 bits per heavy atom. The molecule has 1 aliphatic rings. The molecule has 0 atom stereocenters. The van der Waals surface area contributed by atoms with Crippen LogP contribution in [0.2, 0.25) is 0 Å². The van der Waals surface area contributed by atoms with Crippen LogP contribution in [0.5, 0.6) is 0 Å². The predicted octanol–water partition coefficient (Wildman–Crippen LogP) is 3.26. The zero-order chi connectivity index (χ0) is 12.2. The predicted molar refractivity (Wildman–Crippen MR) is 68.6 cm³/mol. The molecular weight excluding hydrogens is 198 g/mol. The number of hydrogen-bond donors (Lipinski definition) is 0. The number of nitrogens with zero attached hydrogens (tertiary/aromatic N) is 1. The highest BCUT2D eigenvalue weighted by Gasteiger charge is 2.29.